The maximum Gasteiger partial charge on any atom is 0.235 e. The van der Waals surface area contributed by atoms with Crippen LogP contribution >= 0.6 is 0 Å². The number of benzene rings is 1. The molecule has 2 aliphatic rings. The molecule has 0 aromatic heterocycles. The van der Waals surface area contributed by atoms with E-state index in [4.69, 9.17) is 9.47 Å². The van der Waals surface area contributed by atoms with Crippen LogP contribution in [0.5, 0.6) is 11.5 Å². The molecule has 1 fully saturated rings. The van der Waals surface area contributed by atoms with Crippen molar-refractivity contribution < 1.29 is 19.1 Å². The van der Waals surface area contributed by atoms with Gasteiger partial charge in [0, 0.05) is 13.1 Å². The van der Waals surface area contributed by atoms with Crippen LogP contribution in [0.15, 0.2) is 18.2 Å². The van der Waals surface area contributed by atoms with Crippen LogP contribution in [0.3, 0.4) is 0 Å². The van der Waals surface area contributed by atoms with Crippen molar-refractivity contribution in [2.24, 2.45) is 5.41 Å². The van der Waals surface area contributed by atoms with E-state index in [9.17, 15) is 9.59 Å². The molecule has 0 unspecified atom stereocenters. The molecule has 1 aromatic carbocycles. The summed E-state index contributed by atoms with van der Waals surface area (Å²) >= 11 is 0. The second-order valence-corrected chi connectivity index (χ2v) is 6.06. The molecule has 0 radical (unpaired) electrons. The Hall–Kier alpha value is -2.24. The van der Waals surface area contributed by atoms with Crippen molar-refractivity contribution in [1.29, 1.82) is 0 Å². The summed E-state index contributed by atoms with van der Waals surface area (Å²) in [5, 5.41) is 5.73. The van der Waals surface area contributed by atoms with Gasteiger partial charge < -0.3 is 20.1 Å². The molecular formula is C17H22N2O4. The molecular weight excluding hydrogens is 296 g/mol. The molecule has 1 saturated carbocycles. The highest BCUT2D eigenvalue weighted by atomic mass is 16.7. The molecule has 0 atom stereocenters. The topological polar surface area (TPSA) is 76.7 Å². The highest BCUT2D eigenvalue weighted by Gasteiger charge is 2.56. The molecule has 0 bridgehead atoms. The van der Waals surface area contributed by atoms with Crippen LogP contribution in [0.2, 0.25) is 0 Å². The Labute approximate surface area is 135 Å². The zero-order valence-corrected chi connectivity index (χ0v) is 13.3. The summed E-state index contributed by atoms with van der Waals surface area (Å²) in [6.45, 7) is 3.30. The Bertz CT molecular complexity index is 611. The van der Waals surface area contributed by atoms with Crippen molar-refractivity contribution in [3.8, 4) is 11.5 Å². The molecule has 1 aliphatic carbocycles. The van der Waals surface area contributed by atoms with Gasteiger partial charge in [-0.1, -0.05) is 19.4 Å². The summed E-state index contributed by atoms with van der Waals surface area (Å²) in [5.74, 6) is 1.07. The predicted octanol–water partition coefficient (Wildman–Crippen LogP) is 1.73. The standard InChI is InChI=1S/C17H22N2O4/c1-2-3-8-18-15(20)17(6-7-17)16(21)19-10-12-4-5-13-14(9-12)23-11-22-13/h4-5,9H,2-3,6-8,10-11H2,1H3,(H,18,20)(H,19,21). The quantitative estimate of drug-likeness (QED) is 0.593. The number of ether oxygens (including phenoxy) is 2. The van der Waals surface area contributed by atoms with Gasteiger partial charge in [-0.2, -0.15) is 0 Å². The minimum Gasteiger partial charge on any atom is -0.454 e. The van der Waals surface area contributed by atoms with Gasteiger partial charge in [0.05, 0.1) is 0 Å². The molecule has 2 N–H and O–H groups in total. The molecule has 0 spiro atoms. The predicted molar refractivity (Wildman–Crippen MR) is 84.0 cm³/mol. The number of amides is 2. The Balaban J connectivity index is 1.54. The largest absolute Gasteiger partial charge is 0.454 e. The van der Waals surface area contributed by atoms with Gasteiger partial charge in [-0.25, -0.2) is 0 Å². The molecule has 124 valence electrons. The van der Waals surface area contributed by atoms with Gasteiger partial charge >= 0.3 is 0 Å². The van der Waals surface area contributed by atoms with Gasteiger partial charge in [0.1, 0.15) is 5.41 Å². The number of rotatable bonds is 7. The maximum atomic E-state index is 12.4. The number of nitrogens with one attached hydrogen (secondary N) is 2. The molecule has 2 amide bonds. The minimum absolute atomic E-state index is 0.144. The summed E-state index contributed by atoms with van der Waals surface area (Å²) in [6, 6.07) is 5.56. The van der Waals surface area contributed by atoms with E-state index in [1.807, 2.05) is 18.2 Å². The van der Waals surface area contributed by atoms with E-state index in [0.717, 1.165) is 18.4 Å². The number of unbranched alkanes of at least 4 members (excludes halogenated alkanes) is 1. The zero-order chi connectivity index (χ0) is 16.3. The molecule has 6 nitrogen and oxygen atoms in total. The first kappa shape index (κ1) is 15.6. The van der Waals surface area contributed by atoms with E-state index in [1.165, 1.54) is 0 Å². The van der Waals surface area contributed by atoms with Gasteiger partial charge in [0.2, 0.25) is 18.6 Å². The second-order valence-electron chi connectivity index (χ2n) is 6.06. The third-order valence-corrected chi connectivity index (χ3v) is 4.33. The fourth-order valence-corrected chi connectivity index (χ4v) is 2.63. The van der Waals surface area contributed by atoms with Gasteiger partial charge in [-0.3, -0.25) is 9.59 Å². The highest BCUT2D eigenvalue weighted by molar-refractivity contribution is 6.07. The summed E-state index contributed by atoms with van der Waals surface area (Å²) in [7, 11) is 0. The molecule has 1 heterocycles. The summed E-state index contributed by atoms with van der Waals surface area (Å²) in [5.41, 5.74) is 0.0640. The monoisotopic (exact) mass is 318 g/mol. The fraction of sp³-hybridized carbons (Fsp3) is 0.529. The van der Waals surface area contributed by atoms with Crippen molar-refractivity contribution in [1.82, 2.24) is 10.6 Å². The van der Waals surface area contributed by atoms with E-state index < -0.39 is 5.41 Å². The van der Waals surface area contributed by atoms with Crippen molar-refractivity contribution in [3.63, 3.8) is 0 Å². The highest BCUT2D eigenvalue weighted by Crippen LogP contribution is 2.46. The average molecular weight is 318 g/mol. The average Bonchev–Trinajstić information content (AvgIpc) is 3.24. The van der Waals surface area contributed by atoms with Crippen LogP contribution in [0.1, 0.15) is 38.2 Å². The van der Waals surface area contributed by atoms with Crippen LogP contribution in [0.4, 0.5) is 0 Å². The number of fused-ring (bicyclic) bond motifs is 1. The first-order valence-corrected chi connectivity index (χ1v) is 8.11. The summed E-state index contributed by atoms with van der Waals surface area (Å²) in [4.78, 5) is 24.6. The lowest BCUT2D eigenvalue weighted by Crippen LogP contribution is -2.43. The van der Waals surface area contributed by atoms with Crippen LogP contribution in [0, 0.1) is 5.41 Å². The van der Waals surface area contributed by atoms with Crippen molar-refractivity contribution in [2.45, 2.75) is 39.2 Å². The number of hydrogen-bond donors (Lipinski definition) is 2. The van der Waals surface area contributed by atoms with Gasteiger partial charge in [0.15, 0.2) is 11.5 Å². The lowest BCUT2D eigenvalue weighted by atomic mass is 10.0. The number of carbonyl (C=O) groups excluding carboxylic acids is 2. The van der Waals surface area contributed by atoms with Crippen LogP contribution < -0.4 is 20.1 Å². The maximum absolute atomic E-state index is 12.4. The van der Waals surface area contributed by atoms with Gasteiger partial charge in [-0.05, 0) is 37.0 Å². The van der Waals surface area contributed by atoms with Gasteiger partial charge in [-0.15, -0.1) is 0 Å². The van der Waals surface area contributed by atoms with Crippen LogP contribution in [0.25, 0.3) is 0 Å². The molecule has 23 heavy (non-hydrogen) atoms. The molecule has 1 aliphatic heterocycles. The number of carbonyl (C=O) groups is 2. The first-order chi connectivity index (χ1) is 11.2. The Morgan fingerprint density at radius 2 is 1.87 bits per heavy atom. The molecule has 3 rings (SSSR count). The fourth-order valence-electron chi connectivity index (χ4n) is 2.63. The Kier molecular flexibility index (Phi) is 4.41. The normalized spacial score (nSPS) is 16.7. The van der Waals surface area contributed by atoms with Gasteiger partial charge in [0.25, 0.3) is 0 Å². The summed E-state index contributed by atoms with van der Waals surface area (Å²) < 4.78 is 10.6. The van der Waals surface area contributed by atoms with E-state index in [0.29, 0.717) is 37.4 Å². The van der Waals surface area contributed by atoms with Crippen LogP contribution in [-0.4, -0.2) is 25.2 Å². The van der Waals surface area contributed by atoms with Crippen molar-refractivity contribution in [2.75, 3.05) is 13.3 Å². The smallest absolute Gasteiger partial charge is 0.235 e. The third kappa shape index (κ3) is 3.25. The van der Waals surface area contributed by atoms with E-state index in [1.54, 1.807) is 0 Å². The van der Waals surface area contributed by atoms with Crippen molar-refractivity contribution in [3.05, 3.63) is 23.8 Å². The number of hydrogen-bond acceptors (Lipinski definition) is 4. The van der Waals surface area contributed by atoms with E-state index in [-0.39, 0.29) is 18.6 Å². The van der Waals surface area contributed by atoms with Crippen LogP contribution in [-0.2, 0) is 16.1 Å². The second kappa shape index (κ2) is 6.48. The molecule has 6 heteroatoms. The SMILES string of the molecule is CCCCNC(=O)C1(C(=O)NCc2ccc3c(c2)OCO3)CC1. The molecule has 1 aromatic rings. The van der Waals surface area contributed by atoms with E-state index in [2.05, 4.69) is 17.6 Å². The van der Waals surface area contributed by atoms with Crippen molar-refractivity contribution >= 4 is 11.8 Å². The lowest BCUT2D eigenvalue weighted by molar-refractivity contribution is -0.137. The van der Waals surface area contributed by atoms with E-state index >= 15 is 0 Å². The summed E-state index contributed by atoms with van der Waals surface area (Å²) in [6.07, 6.45) is 3.19. The minimum atomic E-state index is -0.857. The first-order valence-electron chi connectivity index (χ1n) is 8.11. The lowest BCUT2D eigenvalue weighted by Gasteiger charge is -2.15. The Morgan fingerprint density at radius 1 is 1.13 bits per heavy atom. The molecule has 0 saturated heterocycles. The Morgan fingerprint density at radius 3 is 2.61 bits per heavy atom. The zero-order valence-electron chi connectivity index (χ0n) is 13.3. The third-order valence-electron chi connectivity index (χ3n) is 4.33.